The summed E-state index contributed by atoms with van der Waals surface area (Å²) in [5.41, 5.74) is 0.775. The summed E-state index contributed by atoms with van der Waals surface area (Å²) in [6.45, 7) is 0.360. The minimum absolute atomic E-state index is 0.0865. The van der Waals surface area contributed by atoms with Crippen LogP contribution in [0.5, 0.6) is 0 Å². The van der Waals surface area contributed by atoms with E-state index in [2.05, 4.69) is 10.3 Å². The van der Waals surface area contributed by atoms with E-state index in [1.54, 1.807) is 24.3 Å². The first-order valence-electron chi connectivity index (χ1n) is 8.03. The Bertz CT molecular complexity index is 1030. The number of rotatable bonds is 6. The Labute approximate surface area is 148 Å². The maximum Gasteiger partial charge on any atom is 0.271 e. The Morgan fingerprint density at radius 3 is 2.81 bits per heavy atom. The third-order valence-electron chi connectivity index (χ3n) is 3.88. The maximum atomic E-state index is 12.4. The van der Waals surface area contributed by atoms with E-state index in [1.165, 1.54) is 29.1 Å². The first-order chi connectivity index (χ1) is 12.5. The smallest absolute Gasteiger partial charge is 0.271 e. The minimum atomic E-state index is -0.519. The SMILES string of the molecule is O=C(CCCn1cnc2ccccc2c1=O)Nc1cccc([N+](=O)[O-])c1. The Balaban J connectivity index is 1.59. The van der Waals surface area contributed by atoms with Gasteiger partial charge in [-0.15, -0.1) is 0 Å². The Kier molecular flexibility index (Phi) is 5.02. The van der Waals surface area contributed by atoms with Crippen molar-refractivity contribution in [1.29, 1.82) is 0 Å². The number of nitro benzene ring substituents is 1. The molecule has 3 aromatic rings. The first-order valence-corrected chi connectivity index (χ1v) is 8.03. The van der Waals surface area contributed by atoms with Gasteiger partial charge in [0.05, 0.1) is 22.2 Å². The number of hydrogen-bond donors (Lipinski definition) is 1. The van der Waals surface area contributed by atoms with Gasteiger partial charge in [-0.3, -0.25) is 24.3 Å². The van der Waals surface area contributed by atoms with Crippen molar-refractivity contribution in [3.05, 3.63) is 75.3 Å². The predicted molar refractivity (Wildman–Crippen MR) is 97.0 cm³/mol. The highest BCUT2D eigenvalue weighted by Crippen LogP contribution is 2.17. The average molecular weight is 352 g/mol. The highest BCUT2D eigenvalue weighted by atomic mass is 16.6. The second-order valence-electron chi connectivity index (χ2n) is 5.72. The molecule has 1 heterocycles. The monoisotopic (exact) mass is 352 g/mol. The molecule has 0 saturated carbocycles. The number of nitrogens with zero attached hydrogens (tertiary/aromatic N) is 3. The number of benzene rings is 2. The quantitative estimate of drug-likeness (QED) is 0.542. The second kappa shape index (κ2) is 7.56. The van der Waals surface area contributed by atoms with E-state index in [0.717, 1.165) is 0 Å². The van der Waals surface area contributed by atoms with Gasteiger partial charge in [0.25, 0.3) is 11.2 Å². The second-order valence-corrected chi connectivity index (χ2v) is 5.72. The summed E-state index contributed by atoms with van der Waals surface area (Å²) in [5, 5.41) is 13.9. The number of nitrogens with one attached hydrogen (secondary N) is 1. The summed E-state index contributed by atoms with van der Waals surface area (Å²) in [6.07, 6.45) is 2.10. The van der Waals surface area contributed by atoms with Gasteiger partial charge in [0, 0.05) is 30.8 Å². The molecular weight excluding hydrogens is 336 g/mol. The molecule has 0 spiro atoms. The van der Waals surface area contributed by atoms with Crippen LogP contribution in [0.2, 0.25) is 0 Å². The summed E-state index contributed by atoms with van der Waals surface area (Å²) in [5.74, 6) is -0.271. The third-order valence-corrected chi connectivity index (χ3v) is 3.88. The number of aromatic nitrogens is 2. The molecule has 0 saturated heterocycles. The van der Waals surface area contributed by atoms with Gasteiger partial charge >= 0.3 is 0 Å². The Hall–Kier alpha value is -3.55. The number of carbonyl (C=O) groups excluding carboxylic acids is 1. The fourth-order valence-electron chi connectivity index (χ4n) is 2.60. The van der Waals surface area contributed by atoms with E-state index in [9.17, 15) is 19.7 Å². The van der Waals surface area contributed by atoms with Crippen molar-refractivity contribution >= 4 is 28.2 Å². The third kappa shape index (κ3) is 3.92. The van der Waals surface area contributed by atoms with Crippen molar-refractivity contribution in [1.82, 2.24) is 9.55 Å². The number of hydrogen-bond acceptors (Lipinski definition) is 5. The van der Waals surface area contributed by atoms with Gasteiger partial charge in [-0.1, -0.05) is 18.2 Å². The van der Waals surface area contributed by atoms with Crippen LogP contribution >= 0.6 is 0 Å². The van der Waals surface area contributed by atoms with E-state index in [0.29, 0.717) is 29.6 Å². The minimum Gasteiger partial charge on any atom is -0.326 e. The molecule has 8 nitrogen and oxygen atoms in total. The van der Waals surface area contributed by atoms with Gasteiger partial charge in [-0.2, -0.15) is 0 Å². The van der Waals surface area contributed by atoms with E-state index in [1.807, 2.05) is 6.07 Å². The van der Waals surface area contributed by atoms with Crippen molar-refractivity contribution in [2.75, 3.05) is 5.32 Å². The molecule has 1 aromatic heterocycles. The van der Waals surface area contributed by atoms with Crippen molar-refractivity contribution in [3.8, 4) is 0 Å². The zero-order valence-corrected chi connectivity index (χ0v) is 13.8. The van der Waals surface area contributed by atoms with Crippen LogP contribution in [0.15, 0.2) is 59.7 Å². The van der Waals surface area contributed by atoms with Crippen LogP contribution in [0.3, 0.4) is 0 Å². The van der Waals surface area contributed by atoms with Gasteiger partial charge in [-0.05, 0) is 24.6 Å². The van der Waals surface area contributed by atoms with E-state index in [4.69, 9.17) is 0 Å². The fourth-order valence-corrected chi connectivity index (χ4v) is 2.60. The molecule has 2 aromatic carbocycles. The molecule has 0 bridgehead atoms. The summed E-state index contributed by atoms with van der Waals surface area (Å²) >= 11 is 0. The van der Waals surface area contributed by atoms with Crippen LogP contribution in [0.1, 0.15) is 12.8 Å². The van der Waals surface area contributed by atoms with E-state index in [-0.39, 0.29) is 23.6 Å². The summed E-state index contributed by atoms with van der Waals surface area (Å²) in [6, 6.07) is 12.8. The van der Waals surface area contributed by atoms with E-state index < -0.39 is 4.92 Å². The molecule has 8 heteroatoms. The molecule has 1 N–H and O–H groups in total. The molecule has 0 radical (unpaired) electrons. The lowest BCUT2D eigenvalue weighted by Gasteiger charge is -2.07. The predicted octanol–water partition coefficient (Wildman–Crippen LogP) is 2.72. The van der Waals surface area contributed by atoms with Crippen LogP contribution in [0.4, 0.5) is 11.4 Å². The van der Waals surface area contributed by atoms with Crippen LogP contribution in [-0.4, -0.2) is 20.4 Å². The number of non-ortho nitro benzene ring substituents is 1. The highest BCUT2D eigenvalue weighted by molar-refractivity contribution is 5.90. The van der Waals surface area contributed by atoms with Crippen LogP contribution in [0.25, 0.3) is 10.9 Å². The van der Waals surface area contributed by atoms with Crippen molar-refractivity contribution < 1.29 is 9.72 Å². The van der Waals surface area contributed by atoms with Gasteiger partial charge in [0.2, 0.25) is 5.91 Å². The molecule has 132 valence electrons. The first kappa shape index (κ1) is 17.3. The molecule has 0 fully saturated rings. The lowest BCUT2D eigenvalue weighted by Crippen LogP contribution is -2.21. The fraction of sp³-hybridized carbons (Fsp3) is 0.167. The Morgan fingerprint density at radius 2 is 2.00 bits per heavy atom. The molecule has 0 aliphatic heterocycles. The van der Waals surface area contributed by atoms with Crippen molar-refractivity contribution in [2.24, 2.45) is 0 Å². The number of anilines is 1. The number of amides is 1. The molecule has 26 heavy (non-hydrogen) atoms. The van der Waals surface area contributed by atoms with Crippen LogP contribution in [-0.2, 0) is 11.3 Å². The lowest BCUT2D eigenvalue weighted by atomic mass is 10.2. The Morgan fingerprint density at radius 1 is 1.19 bits per heavy atom. The molecule has 0 unspecified atom stereocenters. The van der Waals surface area contributed by atoms with Gasteiger partial charge < -0.3 is 5.32 Å². The van der Waals surface area contributed by atoms with Gasteiger partial charge in [0.15, 0.2) is 0 Å². The number of aryl methyl sites for hydroxylation is 1. The standard InChI is InChI=1S/C18H16N4O4/c23-17(20-13-5-3-6-14(11-13)22(25)26)9-4-10-21-12-19-16-8-2-1-7-15(16)18(21)24/h1-3,5-8,11-12H,4,9-10H2,(H,20,23). The number of fused-ring (bicyclic) bond motifs is 1. The summed E-state index contributed by atoms with van der Waals surface area (Å²) in [4.78, 5) is 38.8. The number of carbonyl (C=O) groups is 1. The normalized spacial score (nSPS) is 10.6. The zero-order valence-electron chi connectivity index (χ0n) is 13.8. The molecule has 0 aliphatic carbocycles. The van der Waals surface area contributed by atoms with Gasteiger partial charge in [0.1, 0.15) is 0 Å². The molecule has 0 aliphatic rings. The number of para-hydroxylation sites is 1. The summed E-state index contributed by atoms with van der Waals surface area (Å²) in [7, 11) is 0. The maximum absolute atomic E-state index is 12.4. The van der Waals surface area contributed by atoms with E-state index >= 15 is 0 Å². The zero-order chi connectivity index (χ0) is 18.5. The van der Waals surface area contributed by atoms with Crippen molar-refractivity contribution in [3.63, 3.8) is 0 Å². The largest absolute Gasteiger partial charge is 0.326 e. The van der Waals surface area contributed by atoms with Crippen molar-refractivity contribution in [2.45, 2.75) is 19.4 Å². The number of nitro groups is 1. The highest BCUT2D eigenvalue weighted by Gasteiger charge is 2.09. The van der Waals surface area contributed by atoms with Crippen LogP contribution in [0, 0.1) is 10.1 Å². The molecular formula is C18H16N4O4. The molecule has 0 atom stereocenters. The topological polar surface area (TPSA) is 107 Å². The molecule has 1 amide bonds. The average Bonchev–Trinajstić information content (AvgIpc) is 2.64. The molecule has 3 rings (SSSR count). The lowest BCUT2D eigenvalue weighted by molar-refractivity contribution is -0.384. The van der Waals surface area contributed by atoms with Crippen LogP contribution < -0.4 is 10.9 Å². The summed E-state index contributed by atoms with van der Waals surface area (Å²) < 4.78 is 1.48. The van der Waals surface area contributed by atoms with Gasteiger partial charge in [-0.25, -0.2) is 4.98 Å².